The van der Waals surface area contributed by atoms with Crippen molar-refractivity contribution in [3.8, 4) is 11.8 Å². The van der Waals surface area contributed by atoms with Gasteiger partial charge in [0.05, 0.1) is 9.35 Å². The first-order chi connectivity index (χ1) is 8.19. The Morgan fingerprint density at radius 3 is 2.82 bits per heavy atom. The van der Waals surface area contributed by atoms with Crippen molar-refractivity contribution in [2.24, 2.45) is 0 Å². The molecule has 3 nitrogen and oxygen atoms in total. The molecule has 0 spiro atoms. The predicted molar refractivity (Wildman–Crippen MR) is 71.9 cm³/mol. The Labute approximate surface area is 112 Å². The van der Waals surface area contributed by atoms with Gasteiger partial charge >= 0.3 is 0 Å². The number of thiophene rings is 1. The maximum absolute atomic E-state index is 8.95. The van der Waals surface area contributed by atoms with Crippen molar-refractivity contribution in [2.75, 3.05) is 5.73 Å². The second-order valence-electron chi connectivity index (χ2n) is 3.36. The molecule has 0 unspecified atom stereocenters. The molecule has 0 atom stereocenters. The molecule has 0 aliphatic rings. The third-order valence-electron chi connectivity index (χ3n) is 2.12. The molecule has 1 heterocycles. The molecule has 0 fully saturated rings. The first-order valence-corrected chi connectivity index (χ1v) is 6.46. The molecule has 0 aliphatic carbocycles. The zero-order valence-corrected chi connectivity index (χ0v) is 11.2. The summed E-state index contributed by atoms with van der Waals surface area (Å²) >= 11 is 5.00. The molecule has 2 aromatic rings. The van der Waals surface area contributed by atoms with Gasteiger partial charge in [0.1, 0.15) is 18.4 Å². The van der Waals surface area contributed by atoms with E-state index in [1.807, 2.05) is 12.1 Å². The predicted octanol–water partition coefficient (Wildman–Crippen LogP) is 3.54. The summed E-state index contributed by atoms with van der Waals surface area (Å²) in [6.45, 7) is 0.453. The van der Waals surface area contributed by atoms with Crippen molar-refractivity contribution in [2.45, 2.75) is 6.61 Å². The van der Waals surface area contributed by atoms with E-state index in [0.717, 1.165) is 8.66 Å². The lowest BCUT2D eigenvalue weighted by Crippen LogP contribution is -1.96. The van der Waals surface area contributed by atoms with Gasteiger partial charge in [-0.15, -0.1) is 11.3 Å². The number of hydrogen-bond donors (Lipinski definition) is 1. The minimum Gasteiger partial charge on any atom is -0.487 e. The van der Waals surface area contributed by atoms with E-state index in [9.17, 15) is 0 Å². The monoisotopic (exact) mass is 308 g/mol. The van der Waals surface area contributed by atoms with Crippen LogP contribution in [0, 0.1) is 11.3 Å². The summed E-state index contributed by atoms with van der Waals surface area (Å²) < 4.78 is 6.66. The highest BCUT2D eigenvalue weighted by molar-refractivity contribution is 9.11. The Morgan fingerprint density at radius 2 is 2.18 bits per heavy atom. The van der Waals surface area contributed by atoms with Crippen LogP contribution in [0.2, 0.25) is 0 Å². The zero-order valence-electron chi connectivity index (χ0n) is 8.81. The molecule has 0 amide bonds. The first kappa shape index (κ1) is 12.0. The normalized spacial score (nSPS) is 9.88. The standard InChI is InChI=1S/C12H9BrN2OS/c13-12-4-2-10(17-12)7-16-11-3-1-9(15)5-8(11)6-14/h1-5H,7,15H2. The van der Waals surface area contributed by atoms with Crippen molar-refractivity contribution < 1.29 is 4.74 Å². The molecule has 0 radical (unpaired) electrons. The lowest BCUT2D eigenvalue weighted by atomic mass is 10.2. The quantitative estimate of drug-likeness (QED) is 0.882. The third kappa shape index (κ3) is 2.99. The van der Waals surface area contributed by atoms with Crippen molar-refractivity contribution in [1.29, 1.82) is 5.26 Å². The van der Waals surface area contributed by atoms with Gasteiger partial charge in [0, 0.05) is 10.6 Å². The van der Waals surface area contributed by atoms with Gasteiger partial charge in [-0.1, -0.05) is 0 Å². The van der Waals surface area contributed by atoms with Crippen LogP contribution in [0.4, 0.5) is 5.69 Å². The number of ether oxygens (including phenoxy) is 1. The van der Waals surface area contributed by atoms with Gasteiger partial charge in [-0.25, -0.2) is 0 Å². The number of nitrogens with two attached hydrogens (primary N) is 1. The lowest BCUT2D eigenvalue weighted by molar-refractivity contribution is 0.309. The van der Waals surface area contributed by atoms with Crippen LogP contribution >= 0.6 is 27.3 Å². The summed E-state index contributed by atoms with van der Waals surface area (Å²) in [4.78, 5) is 1.09. The van der Waals surface area contributed by atoms with Gasteiger partial charge in [0.15, 0.2) is 0 Å². The van der Waals surface area contributed by atoms with Crippen LogP contribution in [0.15, 0.2) is 34.1 Å². The Kier molecular flexibility index (Phi) is 3.67. The van der Waals surface area contributed by atoms with E-state index in [1.54, 1.807) is 29.5 Å². The van der Waals surface area contributed by atoms with Gasteiger partial charge in [-0.2, -0.15) is 5.26 Å². The molecular formula is C12H9BrN2OS. The van der Waals surface area contributed by atoms with E-state index in [-0.39, 0.29) is 0 Å². The van der Waals surface area contributed by atoms with Crippen LogP contribution in [0.25, 0.3) is 0 Å². The molecule has 17 heavy (non-hydrogen) atoms. The molecule has 1 aromatic carbocycles. The Hall–Kier alpha value is -1.51. The molecule has 0 saturated heterocycles. The highest BCUT2D eigenvalue weighted by atomic mass is 79.9. The van der Waals surface area contributed by atoms with Crippen molar-refractivity contribution >= 4 is 33.0 Å². The van der Waals surface area contributed by atoms with Crippen LogP contribution in [0.5, 0.6) is 5.75 Å². The zero-order chi connectivity index (χ0) is 12.3. The molecule has 0 aliphatic heterocycles. The fourth-order valence-corrected chi connectivity index (χ4v) is 2.74. The van der Waals surface area contributed by atoms with Gasteiger partial charge in [-0.05, 0) is 46.3 Å². The number of rotatable bonds is 3. The minimum atomic E-state index is 0.453. The highest BCUT2D eigenvalue weighted by Gasteiger charge is 2.05. The largest absolute Gasteiger partial charge is 0.487 e. The fourth-order valence-electron chi connectivity index (χ4n) is 1.34. The summed E-state index contributed by atoms with van der Waals surface area (Å²) in [6.07, 6.45) is 0. The number of hydrogen-bond acceptors (Lipinski definition) is 4. The lowest BCUT2D eigenvalue weighted by Gasteiger charge is -2.06. The fraction of sp³-hybridized carbons (Fsp3) is 0.0833. The molecule has 0 bridgehead atoms. The number of benzene rings is 1. The second kappa shape index (κ2) is 5.21. The summed E-state index contributed by atoms with van der Waals surface area (Å²) in [5, 5.41) is 8.95. The maximum Gasteiger partial charge on any atom is 0.137 e. The number of nitriles is 1. The van der Waals surface area contributed by atoms with E-state index in [0.29, 0.717) is 23.6 Å². The second-order valence-corrected chi connectivity index (χ2v) is 5.91. The van der Waals surface area contributed by atoms with Crippen molar-refractivity contribution in [3.05, 3.63) is 44.6 Å². The van der Waals surface area contributed by atoms with Crippen LogP contribution in [-0.4, -0.2) is 0 Å². The minimum absolute atomic E-state index is 0.453. The van der Waals surface area contributed by atoms with E-state index in [2.05, 4.69) is 22.0 Å². The van der Waals surface area contributed by atoms with Crippen molar-refractivity contribution in [1.82, 2.24) is 0 Å². The first-order valence-electron chi connectivity index (χ1n) is 4.85. The third-order valence-corrected chi connectivity index (χ3v) is 3.72. The molecule has 2 rings (SSSR count). The average molecular weight is 309 g/mol. The summed E-state index contributed by atoms with van der Waals surface area (Å²) in [7, 11) is 0. The van der Waals surface area contributed by atoms with Crippen LogP contribution in [-0.2, 0) is 6.61 Å². The van der Waals surface area contributed by atoms with E-state index < -0.39 is 0 Å². The number of anilines is 1. The maximum atomic E-state index is 8.95. The summed E-state index contributed by atoms with van der Waals surface area (Å²) in [5.74, 6) is 0.561. The summed E-state index contributed by atoms with van der Waals surface area (Å²) in [5.41, 5.74) is 6.62. The van der Waals surface area contributed by atoms with E-state index >= 15 is 0 Å². The smallest absolute Gasteiger partial charge is 0.137 e. The number of nitrogen functional groups attached to an aromatic ring is 1. The Bertz CT molecular complexity index is 574. The van der Waals surface area contributed by atoms with Gasteiger partial charge in [0.25, 0.3) is 0 Å². The van der Waals surface area contributed by atoms with Crippen molar-refractivity contribution in [3.63, 3.8) is 0 Å². The van der Waals surface area contributed by atoms with Crippen LogP contribution in [0.1, 0.15) is 10.4 Å². The molecular weight excluding hydrogens is 300 g/mol. The average Bonchev–Trinajstić information content (AvgIpc) is 2.73. The van der Waals surface area contributed by atoms with Crippen LogP contribution < -0.4 is 10.5 Å². The summed E-state index contributed by atoms with van der Waals surface area (Å²) in [6, 6.07) is 11.1. The number of halogens is 1. The highest BCUT2D eigenvalue weighted by Crippen LogP contribution is 2.25. The Morgan fingerprint density at radius 1 is 1.35 bits per heavy atom. The molecule has 86 valence electrons. The molecule has 0 saturated carbocycles. The van der Waals surface area contributed by atoms with Gasteiger partial charge in [0.2, 0.25) is 0 Å². The molecule has 5 heteroatoms. The van der Waals surface area contributed by atoms with E-state index in [1.165, 1.54) is 0 Å². The van der Waals surface area contributed by atoms with E-state index in [4.69, 9.17) is 15.7 Å². The molecule has 2 N–H and O–H groups in total. The Balaban J connectivity index is 2.12. The van der Waals surface area contributed by atoms with Gasteiger partial charge in [-0.3, -0.25) is 0 Å². The van der Waals surface area contributed by atoms with Gasteiger partial charge < -0.3 is 10.5 Å². The van der Waals surface area contributed by atoms with Crippen LogP contribution in [0.3, 0.4) is 0 Å². The topological polar surface area (TPSA) is 59.0 Å². The number of nitrogens with zero attached hydrogens (tertiary/aromatic N) is 1. The SMILES string of the molecule is N#Cc1cc(N)ccc1OCc1ccc(Br)s1. The molecule has 1 aromatic heterocycles.